The van der Waals surface area contributed by atoms with Crippen LogP contribution in [-0.4, -0.2) is 46.0 Å². The maximum absolute atomic E-state index is 12.2. The van der Waals surface area contributed by atoms with Crippen molar-refractivity contribution in [2.24, 2.45) is 0 Å². The molecule has 1 heterocycles. The van der Waals surface area contributed by atoms with E-state index in [-0.39, 0.29) is 12.0 Å². The summed E-state index contributed by atoms with van der Waals surface area (Å²) >= 11 is 0. The van der Waals surface area contributed by atoms with Crippen LogP contribution in [0.5, 0.6) is 0 Å². The Kier molecular flexibility index (Phi) is 17.6. The number of likely N-dealkylation sites (tertiary alicyclic amines) is 1. The van der Waals surface area contributed by atoms with Crippen LogP contribution in [0.15, 0.2) is 0 Å². The molecule has 2 atom stereocenters. The van der Waals surface area contributed by atoms with Crippen LogP contribution in [0, 0.1) is 0 Å². The molecule has 1 saturated heterocycles. The van der Waals surface area contributed by atoms with Crippen LogP contribution < -0.4 is 0 Å². The van der Waals surface area contributed by atoms with Crippen LogP contribution in [0.3, 0.4) is 0 Å². The van der Waals surface area contributed by atoms with Crippen LogP contribution in [0.4, 0.5) is 0 Å². The lowest BCUT2D eigenvalue weighted by molar-refractivity contribution is -0.137. The highest BCUT2D eigenvalue weighted by Crippen LogP contribution is 2.25. The molecular formula is C24H45NO6P+. The fourth-order valence-corrected chi connectivity index (χ4v) is 4.78. The number of carbonyl (C=O) groups is 2. The second kappa shape index (κ2) is 19.4. The fourth-order valence-electron chi connectivity index (χ4n) is 4.35. The summed E-state index contributed by atoms with van der Waals surface area (Å²) in [5.74, 6) is -0.538. The number of amides is 1. The van der Waals surface area contributed by atoms with Gasteiger partial charge in [0.1, 0.15) is 6.10 Å². The predicted octanol–water partition coefficient (Wildman–Crippen LogP) is 6.36. The van der Waals surface area contributed by atoms with Gasteiger partial charge in [-0.2, -0.15) is 0 Å². The van der Waals surface area contributed by atoms with E-state index < -0.39 is 14.2 Å². The van der Waals surface area contributed by atoms with Gasteiger partial charge in [-0.15, -0.1) is 9.42 Å². The van der Waals surface area contributed by atoms with E-state index in [9.17, 15) is 14.2 Å². The molecular weight excluding hydrogens is 429 g/mol. The van der Waals surface area contributed by atoms with Crippen molar-refractivity contribution in [3.63, 3.8) is 0 Å². The van der Waals surface area contributed by atoms with Gasteiger partial charge in [0.15, 0.2) is 0 Å². The first kappa shape index (κ1) is 29.0. The zero-order valence-corrected chi connectivity index (χ0v) is 20.7. The number of hydrogen-bond donors (Lipinski definition) is 2. The molecule has 1 unspecified atom stereocenters. The maximum atomic E-state index is 12.2. The number of nitrogens with zero attached hydrogens (tertiary/aromatic N) is 1. The highest BCUT2D eigenvalue weighted by molar-refractivity contribution is 7.32. The van der Waals surface area contributed by atoms with E-state index in [0.29, 0.717) is 32.4 Å². The summed E-state index contributed by atoms with van der Waals surface area (Å²) in [7, 11) is -2.58. The van der Waals surface area contributed by atoms with Gasteiger partial charge >= 0.3 is 14.2 Å². The molecule has 0 bridgehead atoms. The van der Waals surface area contributed by atoms with E-state index in [4.69, 9.17) is 14.5 Å². The number of carboxylic acid groups (broad SMARTS) is 1. The lowest BCUT2D eigenvalue weighted by Gasteiger charge is -2.15. The second-order valence-corrected chi connectivity index (χ2v) is 9.83. The van der Waals surface area contributed by atoms with Gasteiger partial charge in [-0.1, -0.05) is 89.9 Å². The standard InChI is InChI=1S/C24H44NO6P/c26-23(25-20-19-22(21-25)31-32(29)30)17-15-13-11-9-7-5-3-1-2-4-6-8-10-12-14-16-18-24(27)28/h22H,1-21H2,(H-,27,28,29,30)/p+1/t22-/m0/s1. The largest absolute Gasteiger partial charge is 0.695 e. The number of hydrogen-bond acceptors (Lipinski definition) is 4. The topological polar surface area (TPSA) is 104 Å². The van der Waals surface area contributed by atoms with Gasteiger partial charge in [0.05, 0.1) is 6.54 Å². The molecule has 1 aliphatic rings. The number of aliphatic carboxylic acids is 1. The molecule has 1 rings (SSSR count). The molecule has 8 heteroatoms. The van der Waals surface area contributed by atoms with E-state index in [1.165, 1.54) is 77.0 Å². The molecule has 0 saturated carbocycles. The fraction of sp³-hybridized carbons (Fsp3) is 0.917. The Morgan fingerprint density at radius 3 is 1.56 bits per heavy atom. The Hall–Kier alpha value is -1.04. The molecule has 1 aliphatic heterocycles. The molecule has 0 spiro atoms. The molecule has 7 nitrogen and oxygen atoms in total. The zero-order valence-electron chi connectivity index (χ0n) is 19.8. The highest BCUT2D eigenvalue weighted by atomic mass is 31.1. The normalized spacial score (nSPS) is 16.5. The summed E-state index contributed by atoms with van der Waals surface area (Å²) in [6.45, 7) is 1.07. The van der Waals surface area contributed by atoms with Crippen molar-refractivity contribution in [2.45, 2.75) is 128 Å². The van der Waals surface area contributed by atoms with Crippen molar-refractivity contribution in [1.29, 1.82) is 0 Å². The van der Waals surface area contributed by atoms with Gasteiger partial charge < -0.3 is 10.0 Å². The van der Waals surface area contributed by atoms with E-state index in [0.717, 1.165) is 25.7 Å². The van der Waals surface area contributed by atoms with Crippen molar-refractivity contribution in [3.8, 4) is 0 Å². The van der Waals surface area contributed by atoms with Crippen LogP contribution in [-0.2, 0) is 18.7 Å². The van der Waals surface area contributed by atoms with Crippen LogP contribution >= 0.6 is 8.25 Å². The lowest BCUT2D eigenvalue weighted by atomic mass is 10.0. The van der Waals surface area contributed by atoms with Crippen molar-refractivity contribution in [1.82, 2.24) is 4.90 Å². The van der Waals surface area contributed by atoms with Crippen LogP contribution in [0.1, 0.15) is 122 Å². The lowest BCUT2D eigenvalue weighted by Crippen LogP contribution is -2.29. The Labute approximate surface area is 195 Å². The van der Waals surface area contributed by atoms with E-state index >= 15 is 0 Å². The minimum Gasteiger partial charge on any atom is -0.481 e. The Morgan fingerprint density at radius 1 is 0.750 bits per heavy atom. The first-order valence-corrected chi connectivity index (χ1v) is 13.9. The molecule has 186 valence electrons. The molecule has 1 fully saturated rings. The monoisotopic (exact) mass is 474 g/mol. The Morgan fingerprint density at radius 2 is 1.16 bits per heavy atom. The second-order valence-electron chi connectivity index (χ2n) is 9.14. The van der Waals surface area contributed by atoms with Gasteiger partial charge in [-0.05, 0) is 19.3 Å². The molecule has 32 heavy (non-hydrogen) atoms. The number of carbonyl (C=O) groups excluding carboxylic acids is 1. The summed E-state index contributed by atoms with van der Waals surface area (Å²) in [6.07, 6.45) is 20.5. The number of carboxylic acids is 1. The Balaban J connectivity index is 1.77. The first-order chi connectivity index (χ1) is 15.5. The molecule has 0 radical (unpaired) electrons. The van der Waals surface area contributed by atoms with Crippen molar-refractivity contribution < 1.29 is 28.7 Å². The van der Waals surface area contributed by atoms with Crippen LogP contribution in [0.2, 0.25) is 0 Å². The molecule has 0 aromatic rings. The van der Waals surface area contributed by atoms with Crippen molar-refractivity contribution in [2.75, 3.05) is 13.1 Å². The quantitative estimate of drug-likeness (QED) is 0.148. The maximum Gasteiger partial charge on any atom is 0.695 e. The van der Waals surface area contributed by atoms with Gasteiger partial charge in [0.25, 0.3) is 0 Å². The zero-order chi connectivity index (χ0) is 23.4. The van der Waals surface area contributed by atoms with E-state index in [1.54, 1.807) is 4.90 Å². The molecule has 0 aliphatic carbocycles. The third kappa shape index (κ3) is 16.6. The SMILES string of the molecule is O=C(O)CCCCCCCCCCCCCCCCCCC(=O)N1CC[C@H](O[P+](=O)O)C1. The smallest absolute Gasteiger partial charge is 0.481 e. The number of rotatable bonds is 21. The van der Waals surface area contributed by atoms with Crippen molar-refractivity contribution in [3.05, 3.63) is 0 Å². The van der Waals surface area contributed by atoms with Crippen LogP contribution in [0.25, 0.3) is 0 Å². The van der Waals surface area contributed by atoms with E-state index in [1.807, 2.05) is 0 Å². The third-order valence-corrected chi connectivity index (χ3v) is 6.75. The molecule has 2 N–H and O–H groups in total. The molecule has 0 aromatic heterocycles. The highest BCUT2D eigenvalue weighted by Gasteiger charge is 2.32. The van der Waals surface area contributed by atoms with Crippen molar-refractivity contribution >= 4 is 20.1 Å². The van der Waals surface area contributed by atoms with Gasteiger partial charge in [0, 0.05) is 24.0 Å². The first-order valence-electron chi connectivity index (χ1n) is 12.8. The average Bonchev–Trinajstić information content (AvgIpc) is 3.20. The summed E-state index contributed by atoms with van der Waals surface area (Å²) in [5, 5.41) is 8.59. The average molecular weight is 475 g/mol. The minimum absolute atomic E-state index is 0.141. The molecule has 1 amide bonds. The van der Waals surface area contributed by atoms with Gasteiger partial charge in [0.2, 0.25) is 5.91 Å². The Bertz CT molecular complexity index is 531. The minimum atomic E-state index is -2.58. The third-order valence-electron chi connectivity index (χ3n) is 6.27. The molecule has 0 aromatic carbocycles. The summed E-state index contributed by atoms with van der Waals surface area (Å²) in [5.41, 5.74) is 0. The summed E-state index contributed by atoms with van der Waals surface area (Å²) in [4.78, 5) is 33.1. The summed E-state index contributed by atoms with van der Waals surface area (Å²) < 4.78 is 15.6. The van der Waals surface area contributed by atoms with Gasteiger partial charge in [-0.25, -0.2) is 0 Å². The summed E-state index contributed by atoms with van der Waals surface area (Å²) in [6, 6.07) is 0. The van der Waals surface area contributed by atoms with E-state index in [2.05, 4.69) is 0 Å². The van der Waals surface area contributed by atoms with Gasteiger partial charge in [-0.3, -0.25) is 9.59 Å². The number of unbranched alkanes of at least 4 members (excludes halogenated alkanes) is 15. The predicted molar refractivity (Wildman–Crippen MR) is 127 cm³/mol.